The molecular weight excluding hydrogens is 398 g/mol. The molecule has 0 saturated heterocycles. The Labute approximate surface area is 166 Å². The zero-order chi connectivity index (χ0) is 19.6. The molecule has 4 nitrogen and oxygen atoms in total. The number of thiazole rings is 1. The van der Waals surface area contributed by atoms with E-state index in [0.29, 0.717) is 18.0 Å². The monoisotopic (exact) mass is 418 g/mol. The van der Waals surface area contributed by atoms with Gasteiger partial charge in [-0.3, -0.25) is 4.79 Å². The van der Waals surface area contributed by atoms with Gasteiger partial charge in [-0.2, -0.15) is 4.99 Å². The van der Waals surface area contributed by atoms with Crippen LogP contribution in [0.25, 0.3) is 0 Å². The summed E-state index contributed by atoms with van der Waals surface area (Å²) in [5.74, 6) is -1.32. The van der Waals surface area contributed by atoms with Gasteiger partial charge in [0.05, 0.1) is 22.2 Å². The van der Waals surface area contributed by atoms with Crippen LogP contribution in [-0.4, -0.2) is 24.2 Å². The molecule has 26 heavy (non-hydrogen) atoms. The summed E-state index contributed by atoms with van der Waals surface area (Å²) in [4.78, 5) is 18.4. The van der Waals surface area contributed by atoms with Gasteiger partial charge >= 0.3 is 0 Å². The summed E-state index contributed by atoms with van der Waals surface area (Å²) in [5.41, 5.74) is 0.916. The van der Waals surface area contributed by atoms with Crippen molar-refractivity contribution in [3.8, 4) is 0 Å². The fraction of sp³-hybridized carbons (Fsp3) is 0.444. The third-order valence-electron chi connectivity index (χ3n) is 3.80. The molecule has 1 heterocycles. The van der Waals surface area contributed by atoms with Gasteiger partial charge in [0, 0.05) is 24.2 Å². The summed E-state index contributed by atoms with van der Waals surface area (Å²) in [7, 11) is 1.62. The first-order chi connectivity index (χ1) is 12.1. The summed E-state index contributed by atoms with van der Waals surface area (Å²) >= 11 is 13.2. The molecule has 0 aliphatic rings. The lowest BCUT2D eigenvalue weighted by atomic mass is 9.93. The quantitative estimate of drug-likeness (QED) is 0.656. The van der Waals surface area contributed by atoms with Crippen LogP contribution in [0.4, 0.5) is 4.39 Å². The number of carbonyl (C=O) groups excluding carboxylic acids is 1. The van der Waals surface area contributed by atoms with Crippen molar-refractivity contribution >= 4 is 40.4 Å². The van der Waals surface area contributed by atoms with Crippen LogP contribution in [0.3, 0.4) is 0 Å². The highest BCUT2D eigenvalue weighted by atomic mass is 35.5. The van der Waals surface area contributed by atoms with Gasteiger partial charge in [-0.1, -0.05) is 44.0 Å². The molecule has 0 N–H and O–H groups in total. The molecule has 0 aliphatic heterocycles. The highest BCUT2D eigenvalue weighted by Crippen LogP contribution is 2.29. The average Bonchev–Trinajstić information content (AvgIpc) is 2.84. The predicted molar refractivity (Wildman–Crippen MR) is 104 cm³/mol. The van der Waals surface area contributed by atoms with Crippen LogP contribution in [0.2, 0.25) is 10.0 Å². The van der Waals surface area contributed by atoms with Crippen LogP contribution in [-0.2, 0) is 16.7 Å². The molecule has 142 valence electrons. The fourth-order valence-corrected chi connectivity index (χ4v) is 4.22. The Morgan fingerprint density at radius 2 is 1.96 bits per heavy atom. The molecule has 0 atom stereocenters. The second-order valence-electron chi connectivity index (χ2n) is 6.86. The van der Waals surface area contributed by atoms with Crippen molar-refractivity contribution in [1.82, 2.24) is 4.57 Å². The number of carbonyl (C=O) groups is 1. The van der Waals surface area contributed by atoms with Gasteiger partial charge in [0.25, 0.3) is 5.91 Å². The van der Waals surface area contributed by atoms with Crippen molar-refractivity contribution in [2.45, 2.75) is 39.7 Å². The molecule has 0 spiro atoms. The van der Waals surface area contributed by atoms with E-state index in [0.717, 1.165) is 16.6 Å². The first kappa shape index (κ1) is 21.1. The fourth-order valence-electron chi connectivity index (χ4n) is 2.54. The minimum Gasteiger partial charge on any atom is -0.383 e. The van der Waals surface area contributed by atoms with Crippen LogP contribution in [0.5, 0.6) is 0 Å². The topological polar surface area (TPSA) is 43.6 Å². The van der Waals surface area contributed by atoms with E-state index < -0.39 is 11.7 Å². The molecule has 2 rings (SSSR count). The predicted octanol–water partition coefficient (Wildman–Crippen LogP) is 4.99. The Balaban J connectivity index is 2.59. The van der Waals surface area contributed by atoms with Gasteiger partial charge in [0.15, 0.2) is 4.80 Å². The highest BCUT2D eigenvalue weighted by molar-refractivity contribution is 7.09. The number of benzene rings is 1. The minimum atomic E-state index is -0.709. The maximum absolute atomic E-state index is 13.7. The van der Waals surface area contributed by atoms with E-state index in [9.17, 15) is 9.18 Å². The van der Waals surface area contributed by atoms with Crippen LogP contribution >= 0.6 is 34.5 Å². The zero-order valence-corrected chi connectivity index (χ0v) is 17.7. The number of hydrogen-bond acceptors (Lipinski definition) is 3. The normalized spacial score (nSPS) is 12.7. The second-order valence-corrected chi connectivity index (χ2v) is 8.65. The SMILES string of the molecule is COCCn1c(C)c(C(C)(C)C)s/c1=N\C(=O)c1cc(F)c(Cl)cc1Cl. The Morgan fingerprint density at radius 1 is 1.31 bits per heavy atom. The Kier molecular flexibility index (Phi) is 6.66. The van der Waals surface area contributed by atoms with E-state index >= 15 is 0 Å². The van der Waals surface area contributed by atoms with Crippen LogP contribution in [0, 0.1) is 12.7 Å². The third kappa shape index (κ3) is 4.55. The van der Waals surface area contributed by atoms with Crippen LogP contribution < -0.4 is 4.80 Å². The van der Waals surface area contributed by atoms with Gasteiger partial charge in [0.2, 0.25) is 0 Å². The van der Waals surface area contributed by atoms with Crippen LogP contribution in [0.1, 0.15) is 41.7 Å². The summed E-state index contributed by atoms with van der Waals surface area (Å²) in [6.45, 7) is 9.34. The molecule has 0 saturated carbocycles. The number of ether oxygens (including phenoxy) is 1. The first-order valence-corrected chi connectivity index (χ1v) is 9.56. The van der Waals surface area contributed by atoms with E-state index in [1.165, 1.54) is 17.4 Å². The van der Waals surface area contributed by atoms with E-state index in [2.05, 4.69) is 25.8 Å². The Hall–Kier alpha value is -1.21. The lowest BCUT2D eigenvalue weighted by Crippen LogP contribution is -2.21. The number of rotatable bonds is 4. The molecule has 0 fully saturated rings. The molecule has 8 heteroatoms. The number of nitrogens with zero attached hydrogens (tertiary/aromatic N) is 2. The Morgan fingerprint density at radius 3 is 2.54 bits per heavy atom. The summed E-state index contributed by atoms with van der Waals surface area (Å²) in [6, 6.07) is 2.22. The highest BCUT2D eigenvalue weighted by Gasteiger charge is 2.22. The molecule has 1 aromatic heterocycles. The molecule has 0 radical (unpaired) electrons. The molecule has 1 amide bonds. The molecule has 1 aromatic carbocycles. The summed E-state index contributed by atoms with van der Waals surface area (Å²) in [5, 5.41) is -0.0680. The van der Waals surface area contributed by atoms with Crippen LogP contribution in [0.15, 0.2) is 17.1 Å². The van der Waals surface area contributed by atoms with Gasteiger partial charge < -0.3 is 9.30 Å². The molecule has 2 aromatic rings. The number of hydrogen-bond donors (Lipinski definition) is 0. The average molecular weight is 419 g/mol. The first-order valence-electron chi connectivity index (χ1n) is 7.99. The number of aromatic nitrogens is 1. The van der Waals surface area contributed by atoms with Gasteiger partial charge in [-0.15, -0.1) is 11.3 Å². The van der Waals surface area contributed by atoms with Crippen molar-refractivity contribution in [2.24, 2.45) is 4.99 Å². The van der Waals surface area contributed by atoms with E-state index in [1.807, 2.05) is 11.5 Å². The van der Waals surface area contributed by atoms with E-state index in [4.69, 9.17) is 27.9 Å². The van der Waals surface area contributed by atoms with Crippen molar-refractivity contribution < 1.29 is 13.9 Å². The molecule has 0 unspecified atom stereocenters. The number of amides is 1. The molecule has 0 bridgehead atoms. The molecular formula is C18H21Cl2FN2O2S. The smallest absolute Gasteiger partial charge is 0.281 e. The zero-order valence-electron chi connectivity index (χ0n) is 15.3. The second kappa shape index (κ2) is 8.21. The van der Waals surface area contributed by atoms with Crippen molar-refractivity contribution in [3.05, 3.63) is 48.9 Å². The van der Waals surface area contributed by atoms with Crippen molar-refractivity contribution in [3.63, 3.8) is 0 Å². The number of halogens is 3. The maximum atomic E-state index is 13.7. The summed E-state index contributed by atoms with van der Waals surface area (Å²) in [6.07, 6.45) is 0. The third-order valence-corrected chi connectivity index (χ3v) is 6.00. The lowest BCUT2D eigenvalue weighted by molar-refractivity contribution is 0.0997. The van der Waals surface area contributed by atoms with Crippen molar-refractivity contribution in [1.29, 1.82) is 0 Å². The molecule has 0 aliphatic carbocycles. The van der Waals surface area contributed by atoms with E-state index in [-0.39, 0.29) is 21.0 Å². The largest absolute Gasteiger partial charge is 0.383 e. The summed E-state index contributed by atoms with van der Waals surface area (Å²) < 4.78 is 20.8. The van der Waals surface area contributed by atoms with Crippen molar-refractivity contribution in [2.75, 3.05) is 13.7 Å². The Bertz CT molecular complexity index is 898. The van der Waals surface area contributed by atoms with E-state index in [1.54, 1.807) is 7.11 Å². The number of methoxy groups -OCH3 is 1. The van der Waals surface area contributed by atoms with Gasteiger partial charge in [0.1, 0.15) is 5.82 Å². The lowest BCUT2D eigenvalue weighted by Gasteiger charge is -2.17. The van der Waals surface area contributed by atoms with Gasteiger partial charge in [-0.25, -0.2) is 4.39 Å². The van der Waals surface area contributed by atoms with Gasteiger partial charge in [-0.05, 0) is 24.5 Å². The standard InChI is InChI=1S/C18H21Cl2FN2O2S/c1-10-15(18(2,3)4)26-17(23(10)6-7-25-5)22-16(24)11-8-14(21)13(20)9-12(11)19/h8-9H,6-7H2,1-5H3/b22-17-. The minimum absolute atomic E-state index is 0.0183. The maximum Gasteiger partial charge on any atom is 0.281 e.